The number of carbonyl (C=O) groups excluding carboxylic acids is 1. The van der Waals surface area contributed by atoms with Crippen LogP contribution in [0.15, 0.2) is 0 Å². The molecule has 0 aliphatic carbocycles. The second-order valence-corrected chi connectivity index (χ2v) is 7.69. The molecule has 5 nitrogen and oxygen atoms in total. The van der Waals surface area contributed by atoms with Crippen molar-refractivity contribution in [2.24, 2.45) is 0 Å². The van der Waals surface area contributed by atoms with Crippen LogP contribution in [-0.4, -0.2) is 50.2 Å². The monoisotopic (exact) mass is 370 g/mol. The molecule has 0 aromatic rings. The first kappa shape index (κ1) is 23.5. The van der Waals surface area contributed by atoms with Gasteiger partial charge in [-0.25, -0.2) is 4.79 Å². The summed E-state index contributed by atoms with van der Waals surface area (Å²) in [6.07, 6.45) is 15.2. The Hall–Kier alpha value is -0.490. The van der Waals surface area contributed by atoms with Crippen LogP contribution >= 0.6 is 0 Å². The summed E-state index contributed by atoms with van der Waals surface area (Å²) in [5, 5.41) is 11.7. The second-order valence-electron chi connectivity index (χ2n) is 7.69. The number of nitrogens with zero attached hydrogens (tertiary/aromatic N) is 1. The van der Waals surface area contributed by atoms with Crippen LogP contribution in [0, 0.1) is 5.21 Å². The van der Waals surface area contributed by atoms with E-state index in [4.69, 9.17) is 4.74 Å². The van der Waals surface area contributed by atoms with E-state index in [-0.39, 0.29) is 11.0 Å². The number of unbranched alkanes of at least 4 members (excludes halogenated alkanes) is 10. The fourth-order valence-electron chi connectivity index (χ4n) is 3.52. The van der Waals surface area contributed by atoms with Crippen molar-refractivity contribution in [1.82, 2.24) is 4.90 Å². The minimum absolute atomic E-state index is 0.150. The zero-order valence-electron chi connectivity index (χ0n) is 17.1. The number of hydroxylamine groups is 2. The number of hydrogen-bond donors (Lipinski definition) is 1. The van der Waals surface area contributed by atoms with Gasteiger partial charge in [0.2, 0.25) is 0 Å². The van der Waals surface area contributed by atoms with E-state index in [2.05, 4.69) is 11.8 Å². The molecule has 0 spiro atoms. The molecule has 1 heterocycles. The molecule has 1 amide bonds. The molecule has 1 unspecified atom stereocenters. The van der Waals surface area contributed by atoms with E-state index in [1.165, 1.54) is 57.8 Å². The molecule has 26 heavy (non-hydrogen) atoms. The molecule has 0 radical (unpaired) electrons. The Morgan fingerprint density at radius 1 is 0.885 bits per heavy atom. The number of ether oxygens (including phenoxy) is 1. The van der Waals surface area contributed by atoms with Crippen LogP contribution in [0.5, 0.6) is 0 Å². The predicted octanol–water partition coefficient (Wildman–Crippen LogP) is 3.32. The summed E-state index contributed by atoms with van der Waals surface area (Å²) in [7, 11) is 0. The molecule has 0 aromatic carbocycles. The topological polar surface area (TPSA) is 57.0 Å². The van der Waals surface area contributed by atoms with Gasteiger partial charge in [0.1, 0.15) is 0 Å². The number of rotatable bonds is 16. The summed E-state index contributed by atoms with van der Waals surface area (Å²) in [5.74, 6) is -0.150. The van der Waals surface area contributed by atoms with E-state index in [0.717, 1.165) is 52.1 Å². The Labute approximate surface area is 161 Å². The van der Waals surface area contributed by atoms with E-state index < -0.39 is 0 Å². The molecule has 1 saturated heterocycles. The molecule has 1 fully saturated rings. The number of nitrogens with one attached hydrogen (secondary N) is 1. The molecule has 154 valence electrons. The third-order valence-corrected chi connectivity index (χ3v) is 5.30. The van der Waals surface area contributed by atoms with Crippen molar-refractivity contribution in [3.63, 3.8) is 0 Å². The Morgan fingerprint density at radius 2 is 1.42 bits per heavy atom. The average molecular weight is 371 g/mol. The second kappa shape index (κ2) is 16.7. The van der Waals surface area contributed by atoms with E-state index in [9.17, 15) is 10.0 Å². The first-order valence-electron chi connectivity index (χ1n) is 11.1. The molecule has 5 heteroatoms. The van der Waals surface area contributed by atoms with Gasteiger partial charge < -0.3 is 15.0 Å². The number of hydrogen-bond acceptors (Lipinski definition) is 4. The lowest BCUT2D eigenvalue weighted by molar-refractivity contribution is -0.765. The average Bonchev–Trinajstić information content (AvgIpc) is 2.66. The highest BCUT2D eigenvalue weighted by Crippen LogP contribution is 2.11. The molecule has 0 bridgehead atoms. The van der Waals surface area contributed by atoms with Crippen molar-refractivity contribution in [1.29, 1.82) is 0 Å². The van der Waals surface area contributed by atoms with Crippen LogP contribution in [0.1, 0.15) is 90.4 Å². The molecule has 1 rings (SSSR count). The van der Waals surface area contributed by atoms with E-state index in [0.29, 0.717) is 13.0 Å². The molecule has 1 aliphatic rings. The number of quaternary nitrogens is 1. The van der Waals surface area contributed by atoms with Crippen LogP contribution in [-0.2, 0) is 9.53 Å². The minimum atomic E-state index is -0.162. The Bertz CT molecular complexity index is 333. The van der Waals surface area contributed by atoms with Gasteiger partial charge in [-0.05, 0) is 6.42 Å². The largest absolute Gasteiger partial charge is 0.627 e. The van der Waals surface area contributed by atoms with Gasteiger partial charge in [0.05, 0.1) is 26.2 Å². The summed E-state index contributed by atoms with van der Waals surface area (Å²) in [5.41, 5.74) is 0. The van der Waals surface area contributed by atoms with Gasteiger partial charge in [0, 0.05) is 26.1 Å². The number of carbonyl (C=O) groups is 1. The van der Waals surface area contributed by atoms with Crippen LogP contribution in [0.25, 0.3) is 0 Å². The standard InChI is InChI=1S/C21H42N2O3/c1-2-3-4-5-6-7-8-9-10-11-12-14-21(24)23(25)16-13-15-22-17-19-26-20-18-22/h23H,2-20H2,1H3. The lowest BCUT2D eigenvalue weighted by Gasteiger charge is -2.27. The van der Waals surface area contributed by atoms with E-state index in [1.807, 2.05) is 0 Å². The van der Waals surface area contributed by atoms with Gasteiger partial charge in [-0.3, -0.25) is 4.90 Å². The maximum absolute atomic E-state index is 11.9. The lowest BCUT2D eigenvalue weighted by Crippen LogP contribution is -3.10. The summed E-state index contributed by atoms with van der Waals surface area (Å²) in [6, 6.07) is 0. The number of amides is 1. The summed E-state index contributed by atoms with van der Waals surface area (Å²) in [6.45, 7) is 7.03. The quantitative estimate of drug-likeness (QED) is 0.334. The fraction of sp³-hybridized carbons (Fsp3) is 0.952. The molecular formula is C21H42N2O3. The van der Waals surface area contributed by atoms with Crippen molar-refractivity contribution in [2.45, 2.75) is 90.4 Å². The summed E-state index contributed by atoms with van der Waals surface area (Å²) < 4.78 is 5.31. The first-order valence-corrected chi connectivity index (χ1v) is 11.1. The number of morpholine rings is 1. The molecular weight excluding hydrogens is 328 g/mol. The normalized spacial score (nSPS) is 16.7. The van der Waals surface area contributed by atoms with Gasteiger partial charge >= 0.3 is 5.91 Å². The summed E-state index contributed by atoms with van der Waals surface area (Å²) >= 11 is 0. The van der Waals surface area contributed by atoms with Crippen molar-refractivity contribution in [2.75, 3.05) is 39.4 Å². The van der Waals surface area contributed by atoms with E-state index >= 15 is 0 Å². The Kier molecular flexibility index (Phi) is 15.1. The highest BCUT2D eigenvalue weighted by atomic mass is 16.5. The minimum Gasteiger partial charge on any atom is -0.627 e. The van der Waals surface area contributed by atoms with Gasteiger partial charge in [-0.15, -0.1) is 0 Å². The van der Waals surface area contributed by atoms with Crippen molar-refractivity contribution in [3.8, 4) is 0 Å². The highest BCUT2D eigenvalue weighted by molar-refractivity contribution is 5.66. The zero-order valence-corrected chi connectivity index (χ0v) is 17.1. The van der Waals surface area contributed by atoms with Crippen molar-refractivity contribution in [3.05, 3.63) is 5.21 Å². The van der Waals surface area contributed by atoms with Crippen LogP contribution in [0.4, 0.5) is 0 Å². The Balaban J connectivity index is 1.86. The van der Waals surface area contributed by atoms with Gasteiger partial charge in [0.25, 0.3) is 0 Å². The lowest BCUT2D eigenvalue weighted by atomic mass is 10.1. The third-order valence-electron chi connectivity index (χ3n) is 5.30. The highest BCUT2D eigenvalue weighted by Gasteiger charge is 2.13. The van der Waals surface area contributed by atoms with Crippen LogP contribution < -0.4 is 5.06 Å². The fourth-order valence-corrected chi connectivity index (χ4v) is 3.52. The molecule has 1 atom stereocenters. The molecule has 1 N–H and O–H groups in total. The van der Waals surface area contributed by atoms with Crippen molar-refractivity contribution < 1.29 is 14.6 Å². The first-order chi connectivity index (χ1) is 12.7. The predicted molar refractivity (Wildman–Crippen MR) is 107 cm³/mol. The molecule has 1 aliphatic heterocycles. The van der Waals surface area contributed by atoms with Crippen LogP contribution in [0.3, 0.4) is 0 Å². The SMILES string of the molecule is CCCCCCCCCCCCCC(=O)[NH+]([O-])CCCN1CCOCC1. The van der Waals surface area contributed by atoms with Crippen LogP contribution in [0.2, 0.25) is 0 Å². The maximum atomic E-state index is 11.9. The van der Waals surface area contributed by atoms with Gasteiger partial charge in [0.15, 0.2) is 0 Å². The van der Waals surface area contributed by atoms with E-state index in [1.54, 1.807) is 0 Å². The third kappa shape index (κ3) is 12.8. The Morgan fingerprint density at radius 3 is 2.00 bits per heavy atom. The molecule has 0 saturated carbocycles. The maximum Gasteiger partial charge on any atom is 0.312 e. The molecule has 0 aromatic heterocycles. The smallest absolute Gasteiger partial charge is 0.312 e. The zero-order chi connectivity index (χ0) is 18.9. The summed E-state index contributed by atoms with van der Waals surface area (Å²) in [4.78, 5) is 14.2. The van der Waals surface area contributed by atoms with Crippen molar-refractivity contribution >= 4 is 5.91 Å². The van der Waals surface area contributed by atoms with Gasteiger partial charge in [-0.1, -0.05) is 71.1 Å². The van der Waals surface area contributed by atoms with Gasteiger partial charge in [-0.2, -0.15) is 0 Å².